The van der Waals surface area contributed by atoms with Crippen LogP contribution >= 0.6 is 0 Å². The number of nitrogen functional groups attached to an aromatic ring is 2. The van der Waals surface area contributed by atoms with Crippen LogP contribution in [0.15, 0.2) is 36.0 Å². The average molecular weight is 161 g/mol. The van der Waals surface area contributed by atoms with Crippen LogP contribution in [0.2, 0.25) is 0 Å². The van der Waals surface area contributed by atoms with Gasteiger partial charge in [0.05, 0.1) is 0 Å². The molecule has 3 heteroatoms. The predicted molar refractivity (Wildman–Crippen MR) is 53.1 cm³/mol. The van der Waals surface area contributed by atoms with Crippen LogP contribution in [0.1, 0.15) is 5.56 Å². The maximum Gasteiger partial charge on any atom is 0.0423 e. The molecule has 0 aliphatic rings. The van der Waals surface area contributed by atoms with Crippen LogP contribution in [-0.4, -0.2) is 6.21 Å². The van der Waals surface area contributed by atoms with Crippen molar-refractivity contribution in [1.29, 1.82) is 0 Å². The van der Waals surface area contributed by atoms with Gasteiger partial charge in [-0.25, -0.2) is 0 Å². The average Bonchev–Trinajstić information content (AvgIpc) is 2.03. The molecule has 0 saturated carbocycles. The smallest absolute Gasteiger partial charge is 0.0423 e. The molecule has 0 aliphatic carbocycles. The molecular weight excluding hydrogens is 150 g/mol. The van der Waals surface area contributed by atoms with E-state index in [-0.39, 0.29) is 0 Å². The van der Waals surface area contributed by atoms with Gasteiger partial charge in [0.2, 0.25) is 0 Å². The zero-order valence-corrected chi connectivity index (χ0v) is 6.70. The molecule has 0 radical (unpaired) electrons. The molecule has 0 aliphatic heterocycles. The van der Waals surface area contributed by atoms with Gasteiger partial charge in [0.1, 0.15) is 0 Å². The van der Waals surface area contributed by atoms with Crippen molar-refractivity contribution in [2.75, 3.05) is 11.5 Å². The van der Waals surface area contributed by atoms with Gasteiger partial charge in [-0.3, -0.25) is 4.99 Å². The second-order valence-corrected chi connectivity index (χ2v) is 2.35. The number of hydrogen-bond acceptors (Lipinski definition) is 3. The number of aliphatic imine (C=N–C) groups is 1. The summed E-state index contributed by atoms with van der Waals surface area (Å²) in [5.41, 5.74) is 13.3. The molecule has 0 aromatic heterocycles. The van der Waals surface area contributed by atoms with Gasteiger partial charge in [0, 0.05) is 29.4 Å². The Labute approximate surface area is 71.4 Å². The van der Waals surface area contributed by atoms with E-state index in [0.29, 0.717) is 11.4 Å². The van der Waals surface area contributed by atoms with Crippen molar-refractivity contribution in [3.63, 3.8) is 0 Å². The first-order chi connectivity index (χ1) is 5.74. The Morgan fingerprint density at radius 1 is 1.33 bits per heavy atom. The molecule has 62 valence electrons. The minimum Gasteiger partial charge on any atom is -0.399 e. The topological polar surface area (TPSA) is 64.4 Å². The molecule has 0 amide bonds. The fraction of sp³-hybridized carbons (Fsp3) is 0. The third kappa shape index (κ3) is 1.85. The Bertz CT molecular complexity index is 316. The van der Waals surface area contributed by atoms with Crippen molar-refractivity contribution < 1.29 is 0 Å². The van der Waals surface area contributed by atoms with E-state index in [4.69, 9.17) is 11.5 Å². The largest absolute Gasteiger partial charge is 0.399 e. The van der Waals surface area contributed by atoms with Crippen LogP contribution in [0, 0.1) is 0 Å². The Hall–Kier alpha value is -1.77. The second-order valence-electron chi connectivity index (χ2n) is 2.35. The minimum atomic E-state index is 0.626. The molecule has 1 aromatic carbocycles. The summed E-state index contributed by atoms with van der Waals surface area (Å²) in [6.45, 7) is 3.46. The molecule has 0 fully saturated rings. The zero-order chi connectivity index (χ0) is 8.97. The summed E-state index contributed by atoms with van der Waals surface area (Å²) in [5, 5.41) is 0. The van der Waals surface area contributed by atoms with Gasteiger partial charge in [-0.2, -0.15) is 0 Å². The third-order valence-corrected chi connectivity index (χ3v) is 1.43. The van der Waals surface area contributed by atoms with Gasteiger partial charge in [-0.15, -0.1) is 0 Å². The third-order valence-electron chi connectivity index (χ3n) is 1.43. The van der Waals surface area contributed by atoms with Gasteiger partial charge < -0.3 is 11.5 Å². The quantitative estimate of drug-likeness (QED) is 0.508. The maximum atomic E-state index is 5.66. The highest BCUT2D eigenvalue weighted by Crippen LogP contribution is 2.13. The van der Waals surface area contributed by atoms with Crippen molar-refractivity contribution in [2.24, 2.45) is 4.99 Å². The molecule has 0 saturated heterocycles. The van der Waals surface area contributed by atoms with E-state index in [1.54, 1.807) is 18.3 Å². The highest BCUT2D eigenvalue weighted by atomic mass is 14.7. The van der Waals surface area contributed by atoms with E-state index in [1.165, 1.54) is 6.20 Å². The Balaban J connectivity index is 3.01. The molecule has 0 atom stereocenters. The van der Waals surface area contributed by atoms with E-state index >= 15 is 0 Å². The van der Waals surface area contributed by atoms with Gasteiger partial charge in [-0.1, -0.05) is 6.58 Å². The second kappa shape index (κ2) is 3.57. The van der Waals surface area contributed by atoms with Crippen molar-refractivity contribution in [3.8, 4) is 0 Å². The number of nitrogens with two attached hydrogens (primary N) is 2. The number of hydrogen-bond donors (Lipinski definition) is 2. The van der Waals surface area contributed by atoms with Gasteiger partial charge >= 0.3 is 0 Å². The predicted octanol–water partition coefficient (Wildman–Crippen LogP) is 1.41. The van der Waals surface area contributed by atoms with Gasteiger partial charge in [-0.05, 0) is 18.2 Å². The van der Waals surface area contributed by atoms with Gasteiger partial charge in [0.25, 0.3) is 0 Å². The summed E-state index contributed by atoms with van der Waals surface area (Å²) in [6.07, 6.45) is 3.09. The summed E-state index contributed by atoms with van der Waals surface area (Å²) in [6, 6.07) is 5.29. The van der Waals surface area contributed by atoms with Crippen molar-refractivity contribution >= 4 is 17.6 Å². The SMILES string of the molecule is C=CN=Cc1ccc(N)cc1N. The minimum absolute atomic E-state index is 0.626. The fourth-order valence-electron chi connectivity index (χ4n) is 0.844. The fourth-order valence-corrected chi connectivity index (χ4v) is 0.844. The van der Waals surface area contributed by atoms with Crippen LogP contribution in [0.4, 0.5) is 11.4 Å². The number of anilines is 2. The Kier molecular flexibility index (Phi) is 2.48. The number of nitrogens with zero attached hydrogens (tertiary/aromatic N) is 1. The molecule has 12 heavy (non-hydrogen) atoms. The van der Waals surface area contributed by atoms with E-state index in [2.05, 4.69) is 11.6 Å². The highest BCUT2D eigenvalue weighted by molar-refractivity contribution is 5.88. The summed E-state index contributed by atoms with van der Waals surface area (Å²) < 4.78 is 0. The first-order valence-corrected chi connectivity index (χ1v) is 3.53. The lowest BCUT2D eigenvalue weighted by atomic mass is 10.2. The molecule has 1 rings (SSSR count). The molecule has 0 heterocycles. The molecule has 1 aromatic rings. The molecule has 3 nitrogen and oxygen atoms in total. The maximum absolute atomic E-state index is 5.66. The Morgan fingerprint density at radius 2 is 2.08 bits per heavy atom. The normalized spacial score (nSPS) is 10.3. The standard InChI is InChI=1S/C9H11N3/c1-2-12-6-7-3-4-8(10)5-9(7)11/h2-6H,1,10-11H2. The molecule has 4 N–H and O–H groups in total. The lowest BCUT2D eigenvalue weighted by molar-refractivity contribution is 1.58. The van der Waals surface area contributed by atoms with Crippen LogP contribution in [-0.2, 0) is 0 Å². The van der Waals surface area contributed by atoms with E-state index < -0.39 is 0 Å². The first-order valence-electron chi connectivity index (χ1n) is 3.53. The van der Waals surface area contributed by atoms with Crippen LogP contribution in [0.3, 0.4) is 0 Å². The zero-order valence-electron chi connectivity index (χ0n) is 6.70. The van der Waals surface area contributed by atoms with Crippen LogP contribution < -0.4 is 11.5 Å². The lowest BCUT2D eigenvalue weighted by Gasteiger charge is -1.99. The molecule has 0 spiro atoms. The number of rotatable bonds is 2. The Morgan fingerprint density at radius 3 is 2.67 bits per heavy atom. The summed E-state index contributed by atoms with van der Waals surface area (Å²) in [4.78, 5) is 3.85. The van der Waals surface area contributed by atoms with Crippen LogP contribution in [0.25, 0.3) is 0 Å². The number of benzene rings is 1. The van der Waals surface area contributed by atoms with E-state index in [1.807, 2.05) is 6.07 Å². The molecule has 0 bridgehead atoms. The summed E-state index contributed by atoms with van der Waals surface area (Å²) >= 11 is 0. The van der Waals surface area contributed by atoms with E-state index in [0.717, 1.165) is 5.56 Å². The molecule has 0 unspecified atom stereocenters. The van der Waals surface area contributed by atoms with Crippen LogP contribution in [0.5, 0.6) is 0 Å². The first kappa shape index (κ1) is 8.33. The van der Waals surface area contributed by atoms with Gasteiger partial charge in [0.15, 0.2) is 0 Å². The van der Waals surface area contributed by atoms with Crippen molar-refractivity contribution in [1.82, 2.24) is 0 Å². The lowest BCUT2D eigenvalue weighted by Crippen LogP contribution is -1.94. The van der Waals surface area contributed by atoms with Crippen molar-refractivity contribution in [3.05, 3.63) is 36.5 Å². The van der Waals surface area contributed by atoms with E-state index in [9.17, 15) is 0 Å². The summed E-state index contributed by atoms with van der Waals surface area (Å²) in [7, 11) is 0. The monoisotopic (exact) mass is 161 g/mol. The van der Waals surface area contributed by atoms with Crippen molar-refractivity contribution in [2.45, 2.75) is 0 Å². The molecular formula is C9H11N3. The summed E-state index contributed by atoms with van der Waals surface area (Å²) in [5.74, 6) is 0. The highest BCUT2D eigenvalue weighted by Gasteiger charge is 1.94.